The second-order valence-corrected chi connectivity index (χ2v) is 4.31. The minimum atomic E-state index is -0.403. The van der Waals surface area contributed by atoms with E-state index in [1.165, 1.54) is 0 Å². The van der Waals surface area contributed by atoms with Gasteiger partial charge < -0.3 is 15.8 Å². The van der Waals surface area contributed by atoms with E-state index < -0.39 is 6.03 Å². The first kappa shape index (κ1) is 16.0. The maximum atomic E-state index is 11.8. The lowest BCUT2D eigenvalue weighted by Gasteiger charge is -2.12. The summed E-state index contributed by atoms with van der Waals surface area (Å²) in [6.07, 6.45) is 0. The normalized spacial score (nSPS) is 11.2. The van der Waals surface area contributed by atoms with Gasteiger partial charge in [0.05, 0.1) is 13.2 Å². The van der Waals surface area contributed by atoms with Gasteiger partial charge in [-0.3, -0.25) is 10.3 Å². The summed E-state index contributed by atoms with van der Waals surface area (Å²) in [5.41, 5.74) is 8.38. The predicted molar refractivity (Wildman–Crippen MR) is 81.1 cm³/mol. The number of guanidine groups is 1. The molecular formula is C14H22N4O2. The fourth-order valence-corrected chi connectivity index (χ4v) is 1.69. The number of carbonyl (C=O) groups is 1. The lowest BCUT2D eigenvalue weighted by atomic mass is 10.1. The van der Waals surface area contributed by atoms with Gasteiger partial charge in [0.2, 0.25) is 0 Å². The molecule has 0 aliphatic heterocycles. The molecule has 110 valence electrons. The predicted octanol–water partition coefficient (Wildman–Crippen LogP) is 1.78. The van der Waals surface area contributed by atoms with Gasteiger partial charge in [0.15, 0.2) is 5.96 Å². The minimum absolute atomic E-state index is 0.0773. The summed E-state index contributed by atoms with van der Waals surface area (Å²) in [7, 11) is 0. The van der Waals surface area contributed by atoms with E-state index >= 15 is 0 Å². The van der Waals surface area contributed by atoms with Gasteiger partial charge in [-0.1, -0.05) is 18.2 Å². The van der Waals surface area contributed by atoms with E-state index in [9.17, 15) is 4.79 Å². The molecule has 1 rings (SSSR count). The Morgan fingerprint density at radius 3 is 2.60 bits per heavy atom. The van der Waals surface area contributed by atoms with Crippen LogP contribution in [0.15, 0.2) is 23.2 Å². The first-order chi connectivity index (χ1) is 9.54. The van der Waals surface area contributed by atoms with Crippen LogP contribution in [0.1, 0.15) is 18.1 Å². The van der Waals surface area contributed by atoms with E-state index in [1.54, 1.807) is 0 Å². The Hall–Kier alpha value is -2.08. The Balaban J connectivity index is 2.51. The summed E-state index contributed by atoms with van der Waals surface area (Å²) in [5, 5.41) is 5.25. The zero-order valence-electron chi connectivity index (χ0n) is 12.2. The van der Waals surface area contributed by atoms with Crippen LogP contribution in [0.25, 0.3) is 0 Å². The number of amides is 2. The Bertz CT molecular complexity index is 466. The number of hydrogen-bond acceptors (Lipinski definition) is 3. The number of aliphatic imine (C=N–C) groups is 1. The van der Waals surface area contributed by atoms with E-state index in [4.69, 9.17) is 10.5 Å². The average molecular weight is 278 g/mol. The van der Waals surface area contributed by atoms with Crippen LogP contribution >= 0.6 is 0 Å². The monoisotopic (exact) mass is 278 g/mol. The highest BCUT2D eigenvalue weighted by atomic mass is 16.5. The van der Waals surface area contributed by atoms with E-state index in [-0.39, 0.29) is 5.96 Å². The van der Waals surface area contributed by atoms with Crippen LogP contribution in [0.3, 0.4) is 0 Å². The van der Waals surface area contributed by atoms with Crippen molar-refractivity contribution in [3.05, 3.63) is 29.3 Å². The number of hydrogen-bond donors (Lipinski definition) is 3. The molecule has 6 nitrogen and oxygen atoms in total. The second kappa shape index (κ2) is 8.16. The van der Waals surface area contributed by atoms with Crippen molar-refractivity contribution >= 4 is 17.7 Å². The second-order valence-electron chi connectivity index (χ2n) is 4.31. The molecule has 0 radical (unpaired) electrons. The van der Waals surface area contributed by atoms with Crippen molar-refractivity contribution in [3.8, 4) is 0 Å². The number of rotatable bonds is 5. The van der Waals surface area contributed by atoms with E-state index in [0.29, 0.717) is 19.8 Å². The molecule has 0 aliphatic rings. The smallest absolute Gasteiger partial charge is 0.326 e. The molecule has 0 bridgehead atoms. The van der Waals surface area contributed by atoms with Gasteiger partial charge in [0, 0.05) is 12.3 Å². The fraction of sp³-hybridized carbons (Fsp3) is 0.429. The quantitative estimate of drug-likeness (QED) is 0.436. The molecule has 0 saturated carbocycles. The molecule has 0 aromatic heterocycles. The highest BCUT2D eigenvalue weighted by Gasteiger charge is 2.07. The van der Waals surface area contributed by atoms with Gasteiger partial charge >= 0.3 is 6.03 Å². The molecule has 4 N–H and O–H groups in total. The lowest BCUT2D eigenvalue weighted by molar-refractivity contribution is 0.155. The Morgan fingerprint density at radius 1 is 1.35 bits per heavy atom. The first-order valence-corrected chi connectivity index (χ1v) is 6.56. The third-order valence-corrected chi connectivity index (χ3v) is 2.68. The number of anilines is 1. The van der Waals surface area contributed by atoms with Crippen LogP contribution in [0.5, 0.6) is 0 Å². The molecule has 1 aromatic rings. The number of ether oxygens (including phenoxy) is 1. The largest absolute Gasteiger partial charge is 0.380 e. The van der Waals surface area contributed by atoms with E-state index in [1.807, 2.05) is 39.0 Å². The van der Waals surface area contributed by atoms with Gasteiger partial charge in [-0.15, -0.1) is 0 Å². The minimum Gasteiger partial charge on any atom is -0.380 e. The number of para-hydroxylation sites is 1. The molecule has 0 fully saturated rings. The third-order valence-electron chi connectivity index (χ3n) is 2.68. The number of urea groups is 1. The number of benzene rings is 1. The van der Waals surface area contributed by atoms with Crippen LogP contribution in [-0.4, -0.2) is 31.7 Å². The summed E-state index contributed by atoms with van der Waals surface area (Å²) in [6.45, 7) is 7.31. The van der Waals surface area contributed by atoms with Crippen molar-refractivity contribution in [1.29, 1.82) is 0 Å². The summed E-state index contributed by atoms with van der Waals surface area (Å²) in [4.78, 5) is 15.8. The van der Waals surface area contributed by atoms with Gasteiger partial charge in [-0.2, -0.15) is 0 Å². The van der Waals surface area contributed by atoms with Crippen LogP contribution < -0.4 is 16.4 Å². The number of nitrogens with one attached hydrogen (secondary N) is 2. The molecule has 6 heteroatoms. The summed E-state index contributed by atoms with van der Waals surface area (Å²) in [5.74, 6) is 0.0773. The molecule has 0 unspecified atom stereocenters. The highest BCUT2D eigenvalue weighted by Crippen LogP contribution is 2.18. The van der Waals surface area contributed by atoms with Crippen molar-refractivity contribution < 1.29 is 9.53 Å². The molecule has 0 aliphatic carbocycles. The molecule has 1 aromatic carbocycles. The maximum Gasteiger partial charge on any atom is 0.326 e. The third kappa shape index (κ3) is 5.27. The van der Waals surface area contributed by atoms with Crippen molar-refractivity contribution in [1.82, 2.24) is 5.32 Å². The molecular weight excluding hydrogens is 256 g/mol. The number of carbonyl (C=O) groups excluding carboxylic acids is 1. The average Bonchev–Trinajstić information content (AvgIpc) is 2.39. The standard InChI is InChI=1S/C14H22N4O2/c1-4-20-9-8-16-13(15)18-14(19)17-12-10(2)6-5-7-11(12)3/h5-7H,4,8-9H2,1-3H3,(H4,15,16,17,18,19). The molecule has 2 amide bonds. The van der Waals surface area contributed by atoms with Gasteiger partial charge in [-0.05, 0) is 31.9 Å². The van der Waals surface area contributed by atoms with Gasteiger partial charge in [-0.25, -0.2) is 4.79 Å². The van der Waals surface area contributed by atoms with E-state index in [0.717, 1.165) is 16.8 Å². The van der Waals surface area contributed by atoms with E-state index in [2.05, 4.69) is 15.6 Å². The van der Waals surface area contributed by atoms with Crippen LogP contribution in [-0.2, 0) is 4.74 Å². The van der Waals surface area contributed by atoms with Crippen molar-refractivity contribution in [2.45, 2.75) is 20.8 Å². The SMILES string of the molecule is CCOCCN=C(N)NC(=O)Nc1c(C)cccc1C. The van der Waals surface area contributed by atoms with Crippen molar-refractivity contribution in [2.24, 2.45) is 10.7 Å². The Kier molecular flexibility index (Phi) is 6.52. The zero-order chi connectivity index (χ0) is 15.0. The molecule has 0 heterocycles. The zero-order valence-corrected chi connectivity index (χ0v) is 12.2. The lowest BCUT2D eigenvalue weighted by Crippen LogP contribution is -2.40. The van der Waals surface area contributed by atoms with Crippen LogP contribution in [0, 0.1) is 13.8 Å². The van der Waals surface area contributed by atoms with Gasteiger partial charge in [0.25, 0.3) is 0 Å². The summed E-state index contributed by atoms with van der Waals surface area (Å²) >= 11 is 0. The molecule has 20 heavy (non-hydrogen) atoms. The Morgan fingerprint density at radius 2 is 2.00 bits per heavy atom. The van der Waals surface area contributed by atoms with Crippen molar-refractivity contribution in [2.75, 3.05) is 25.1 Å². The van der Waals surface area contributed by atoms with Crippen LogP contribution in [0.2, 0.25) is 0 Å². The first-order valence-electron chi connectivity index (χ1n) is 6.56. The fourth-order valence-electron chi connectivity index (χ4n) is 1.69. The number of aryl methyl sites for hydroxylation is 2. The summed E-state index contributed by atoms with van der Waals surface area (Å²) in [6, 6.07) is 5.40. The van der Waals surface area contributed by atoms with Crippen molar-refractivity contribution in [3.63, 3.8) is 0 Å². The Labute approximate surface area is 119 Å². The maximum absolute atomic E-state index is 11.8. The topological polar surface area (TPSA) is 88.7 Å². The molecule has 0 spiro atoms. The molecule has 0 saturated heterocycles. The summed E-state index contributed by atoms with van der Waals surface area (Å²) < 4.78 is 5.13. The number of nitrogens with zero attached hydrogens (tertiary/aromatic N) is 1. The number of nitrogens with two attached hydrogens (primary N) is 1. The van der Waals surface area contributed by atoms with Gasteiger partial charge in [0.1, 0.15) is 0 Å². The highest BCUT2D eigenvalue weighted by molar-refractivity contribution is 6.02. The van der Waals surface area contributed by atoms with Crippen LogP contribution in [0.4, 0.5) is 10.5 Å². The molecule has 0 atom stereocenters.